The monoisotopic (exact) mass is 241 g/mol. The molecule has 0 saturated carbocycles. The summed E-state index contributed by atoms with van der Waals surface area (Å²) in [7, 11) is 3.52. The molecule has 1 aromatic heterocycles. The van der Waals surface area contributed by atoms with Gasteiger partial charge in [0, 0.05) is 20.6 Å². The molecule has 1 rings (SSSR count). The van der Waals surface area contributed by atoms with Gasteiger partial charge in [0.2, 0.25) is 5.91 Å². The maximum absolute atomic E-state index is 11.4. The molecule has 0 aliphatic carbocycles. The van der Waals surface area contributed by atoms with Gasteiger partial charge in [-0.2, -0.15) is 0 Å². The molecule has 1 aromatic rings. The van der Waals surface area contributed by atoms with Crippen LogP contribution in [0.5, 0.6) is 0 Å². The molecule has 0 bridgehead atoms. The van der Waals surface area contributed by atoms with Crippen LogP contribution in [0.1, 0.15) is 6.92 Å². The first-order valence-corrected chi connectivity index (χ1v) is 5.47. The second-order valence-electron chi connectivity index (χ2n) is 3.71. The minimum atomic E-state index is -0.0872. The van der Waals surface area contributed by atoms with Crippen molar-refractivity contribution in [2.75, 3.05) is 25.5 Å². The van der Waals surface area contributed by atoms with Crippen LogP contribution in [0.25, 0.3) is 0 Å². The van der Waals surface area contributed by atoms with Gasteiger partial charge >= 0.3 is 0 Å². The standard InChI is InChI=1S/C11H16ClN3O/c1-8(11(16)13-2)7-15(3)10-6-4-5-9(12)14-10/h4-6,8H,7H2,1-3H3,(H,13,16). The summed E-state index contributed by atoms with van der Waals surface area (Å²) in [4.78, 5) is 17.4. The van der Waals surface area contributed by atoms with Crippen molar-refractivity contribution < 1.29 is 4.79 Å². The largest absolute Gasteiger partial charge is 0.359 e. The highest BCUT2D eigenvalue weighted by Crippen LogP contribution is 2.14. The molecule has 0 aromatic carbocycles. The number of carbonyl (C=O) groups is 1. The fraction of sp³-hybridized carbons (Fsp3) is 0.455. The molecular formula is C11H16ClN3O. The Hall–Kier alpha value is -1.29. The lowest BCUT2D eigenvalue weighted by molar-refractivity contribution is -0.123. The molecule has 0 fully saturated rings. The molecule has 0 radical (unpaired) electrons. The van der Waals surface area contributed by atoms with Crippen LogP contribution in [0.3, 0.4) is 0 Å². The Kier molecular flexibility index (Phi) is 4.55. The number of carbonyl (C=O) groups excluding carboxylic acids is 1. The molecule has 1 amide bonds. The van der Waals surface area contributed by atoms with Crippen LogP contribution in [0.15, 0.2) is 18.2 Å². The van der Waals surface area contributed by atoms with Gasteiger partial charge < -0.3 is 10.2 Å². The molecule has 5 heteroatoms. The molecule has 16 heavy (non-hydrogen) atoms. The van der Waals surface area contributed by atoms with E-state index in [1.54, 1.807) is 13.1 Å². The van der Waals surface area contributed by atoms with Gasteiger partial charge in [0.1, 0.15) is 11.0 Å². The Morgan fingerprint density at radius 2 is 2.31 bits per heavy atom. The van der Waals surface area contributed by atoms with E-state index in [0.717, 1.165) is 5.82 Å². The molecule has 4 nitrogen and oxygen atoms in total. The Labute approximate surface area is 101 Å². The van der Waals surface area contributed by atoms with Gasteiger partial charge in [0.15, 0.2) is 0 Å². The van der Waals surface area contributed by atoms with Gasteiger partial charge in [-0.1, -0.05) is 24.6 Å². The average Bonchev–Trinajstić information content (AvgIpc) is 2.27. The number of hydrogen-bond donors (Lipinski definition) is 1. The Morgan fingerprint density at radius 3 is 2.88 bits per heavy atom. The van der Waals surface area contributed by atoms with Gasteiger partial charge in [0.25, 0.3) is 0 Å². The topological polar surface area (TPSA) is 45.2 Å². The van der Waals surface area contributed by atoms with E-state index in [2.05, 4.69) is 10.3 Å². The van der Waals surface area contributed by atoms with E-state index in [4.69, 9.17) is 11.6 Å². The van der Waals surface area contributed by atoms with E-state index in [9.17, 15) is 4.79 Å². The normalized spacial score (nSPS) is 12.0. The minimum absolute atomic E-state index is 0.0221. The van der Waals surface area contributed by atoms with E-state index < -0.39 is 0 Å². The van der Waals surface area contributed by atoms with Crippen LogP contribution in [-0.2, 0) is 4.79 Å². The maximum Gasteiger partial charge on any atom is 0.224 e. The van der Waals surface area contributed by atoms with Crippen LogP contribution in [0.4, 0.5) is 5.82 Å². The zero-order chi connectivity index (χ0) is 12.1. The van der Waals surface area contributed by atoms with Crippen LogP contribution in [0, 0.1) is 5.92 Å². The summed E-state index contributed by atoms with van der Waals surface area (Å²) < 4.78 is 0. The number of hydrogen-bond acceptors (Lipinski definition) is 3. The van der Waals surface area contributed by atoms with Crippen molar-refractivity contribution in [2.24, 2.45) is 5.92 Å². The molecule has 0 saturated heterocycles. The molecule has 0 spiro atoms. The van der Waals surface area contributed by atoms with E-state index in [0.29, 0.717) is 11.7 Å². The van der Waals surface area contributed by atoms with Crippen LogP contribution in [0.2, 0.25) is 5.15 Å². The molecule has 88 valence electrons. The first-order chi connectivity index (χ1) is 7.54. The first-order valence-electron chi connectivity index (χ1n) is 5.10. The Bertz CT molecular complexity index is 370. The van der Waals surface area contributed by atoms with Gasteiger partial charge in [-0.05, 0) is 12.1 Å². The summed E-state index contributed by atoms with van der Waals surface area (Å²) in [6.07, 6.45) is 0. The Morgan fingerprint density at radius 1 is 1.62 bits per heavy atom. The third-order valence-electron chi connectivity index (χ3n) is 2.33. The fourth-order valence-electron chi connectivity index (χ4n) is 1.44. The second-order valence-corrected chi connectivity index (χ2v) is 4.10. The highest BCUT2D eigenvalue weighted by atomic mass is 35.5. The lowest BCUT2D eigenvalue weighted by Gasteiger charge is -2.21. The van der Waals surface area contributed by atoms with Crippen molar-refractivity contribution >= 4 is 23.3 Å². The third kappa shape index (κ3) is 3.38. The second kappa shape index (κ2) is 5.70. The summed E-state index contributed by atoms with van der Waals surface area (Å²) in [5.74, 6) is 0.702. The highest BCUT2D eigenvalue weighted by molar-refractivity contribution is 6.29. The van der Waals surface area contributed by atoms with Crippen molar-refractivity contribution in [1.29, 1.82) is 0 Å². The van der Waals surface area contributed by atoms with Crippen LogP contribution in [-0.4, -0.2) is 31.5 Å². The predicted octanol–water partition coefficient (Wildman–Crippen LogP) is 1.55. The lowest BCUT2D eigenvalue weighted by atomic mass is 10.1. The summed E-state index contributed by atoms with van der Waals surface area (Å²) in [6.45, 7) is 2.48. The number of amides is 1. The smallest absolute Gasteiger partial charge is 0.224 e. The minimum Gasteiger partial charge on any atom is -0.359 e. The van der Waals surface area contributed by atoms with E-state index in [1.807, 2.05) is 31.0 Å². The lowest BCUT2D eigenvalue weighted by Crippen LogP contribution is -2.34. The van der Waals surface area contributed by atoms with Crippen LogP contribution >= 0.6 is 11.6 Å². The number of rotatable bonds is 4. The number of anilines is 1. The molecule has 1 N–H and O–H groups in total. The van der Waals surface area contributed by atoms with Crippen molar-refractivity contribution in [3.63, 3.8) is 0 Å². The van der Waals surface area contributed by atoms with Gasteiger partial charge in [-0.25, -0.2) is 4.98 Å². The molecule has 0 aliphatic rings. The third-order valence-corrected chi connectivity index (χ3v) is 2.54. The zero-order valence-electron chi connectivity index (χ0n) is 9.70. The fourth-order valence-corrected chi connectivity index (χ4v) is 1.60. The van der Waals surface area contributed by atoms with E-state index in [-0.39, 0.29) is 11.8 Å². The number of pyridine rings is 1. The van der Waals surface area contributed by atoms with Crippen molar-refractivity contribution in [1.82, 2.24) is 10.3 Å². The first kappa shape index (κ1) is 12.8. The molecular weight excluding hydrogens is 226 g/mol. The predicted molar refractivity (Wildman–Crippen MR) is 65.7 cm³/mol. The van der Waals surface area contributed by atoms with Gasteiger partial charge in [0.05, 0.1) is 5.92 Å². The zero-order valence-corrected chi connectivity index (χ0v) is 10.5. The summed E-state index contributed by atoms with van der Waals surface area (Å²) in [6, 6.07) is 5.43. The number of aromatic nitrogens is 1. The molecule has 0 aliphatic heterocycles. The SMILES string of the molecule is CNC(=O)C(C)CN(C)c1cccc(Cl)n1. The summed E-state index contributed by atoms with van der Waals surface area (Å²) >= 11 is 5.80. The number of nitrogens with one attached hydrogen (secondary N) is 1. The number of nitrogens with zero attached hydrogens (tertiary/aromatic N) is 2. The summed E-state index contributed by atoms with van der Waals surface area (Å²) in [5, 5.41) is 3.08. The average molecular weight is 242 g/mol. The van der Waals surface area contributed by atoms with Crippen molar-refractivity contribution in [2.45, 2.75) is 6.92 Å². The molecule has 1 heterocycles. The van der Waals surface area contributed by atoms with Gasteiger partial charge in [-0.15, -0.1) is 0 Å². The summed E-state index contributed by atoms with van der Waals surface area (Å²) in [5.41, 5.74) is 0. The van der Waals surface area contributed by atoms with Crippen LogP contribution < -0.4 is 10.2 Å². The van der Waals surface area contributed by atoms with E-state index >= 15 is 0 Å². The Balaban J connectivity index is 2.65. The van der Waals surface area contributed by atoms with Gasteiger partial charge in [-0.3, -0.25) is 4.79 Å². The molecule has 1 unspecified atom stereocenters. The number of halogens is 1. The van der Waals surface area contributed by atoms with E-state index in [1.165, 1.54) is 0 Å². The maximum atomic E-state index is 11.4. The highest BCUT2D eigenvalue weighted by Gasteiger charge is 2.14. The quantitative estimate of drug-likeness (QED) is 0.814. The van der Waals surface area contributed by atoms with Crippen molar-refractivity contribution in [3.8, 4) is 0 Å². The molecule has 1 atom stereocenters. The van der Waals surface area contributed by atoms with Crippen molar-refractivity contribution in [3.05, 3.63) is 23.4 Å².